The van der Waals surface area contributed by atoms with Crippen molar-refractivity contribution < 1.29 is 0 Å². The molecular weight excluding hydrogens is 222 g/mol. The molecule has 1 aromatic heterocycles. The first-order valence-electron chi connectivity index (χ1n) is 5.02. The summed E-state index contributed by atoms with van der Waals surface area (Å²) in [4.78, 5) is 8.07. The van der Waals surface area contributed by atoms with Crippen LogP contribution in [-0.2, 0) is 6.54 Å². The second-order valence-electron chi connectivity index (χ2n) is 3.48. The number of rotatable bonds is 3. The highest BCUT2D eigenvalue weighted by molar-refractivity contribution is 6.31. The van der Waals surface area contributed by atoms with Crippen molar-refractivity contribution in [2.45, 2.75) is 13.5 Å². The van der Waals surface area contributed by atoms with Crippen molar-refractivity contribution in [1.29, 1.82) is 0 Å². The minimum Gasteiger partial charge on any atom is -0.363 e. The Bertz CT molecular complexity index is 440. The van der Waals surface area contributed by atoms with Gasteiger partial charge in [0, 0.05) is 18.9 Å². The van der Waals surface area contributed by atoms with Gasteiger partial charge in [-0.15, -0.1) is 0 Å². The highest BCUT2D eigenvalue weighted by Crippen LogP contribution is 2.16. The van der Waals surface area contributed by atoms with Crippen LogP contribution in [0.2, 0.25) is 5.15 Å². The van der Waals surface area contributed by atoms with Crippen molar-refractivity contribution in [2.24, 2.45) is 0 Å². The van der Waals surface area contributed by atoms with Gasteiger partial charge in [0.25, 0.3) is 0 Å². The molecule has 0 amide bonds. The topological polar surface area (TPSA) is 37.8 Å². The van der Waals surface area contributed by atoms with E-state index in [9.17, 15) is 0 Å². The van der Waals surface area contributed by atoms with Crippen LogP contribution in [0.5, 0.6) is 0 Å². The quantitative estimate of drug-likeness (QED) is 0.886. The lowest BCUT2D eigenvalue weighted by atomic mass is 10.1. The third-order valence-corrected chi connectivity index (χ3v) is 2.64. The van der Waals surface area contributed by atoms with Crippen LogP contribution in [0.1, 0.15) is 11.1 Å². The number of halogens is 1. The summed E-state index contributed by atoms with van der Waals surface area (Å²) in [6, 6.07) is 8.19. The number of nitrogens with one attached hydrogen (secondary N) is 1. The predicted molar refractivity (Wildman–Crippen MR) is 65.5 cm³/mol. The van der Waals surface area contributed by atoms with Gasteiger partial charge in [-0.05, 0) is 18.1 Å². The van der Waals surface area contributed by atoms with Gasteiger partial charge in [0.2, 0.25) is 0 Å². The van der Waals surface area contributed by atoms with Gasteiger partial charge in [0.15, 0.2) is 11.0 Å². The minimum absolute atomic E-state index is 0.399. The Morgan fingerprint density at radius 2 is 1.94 bits per heavy atom. The standard InChI is InChI=1S/C12H12ClN3/c1-9-4-2-3-5-10(9)8-16-12-11(13)14-6-7-15-12/h2-7H,8H2,1H3,(H,15,16). The molecule has 0 fully saturated rings. The fraction of sp³-hybridized carbons (Fsp3) is 0.167. The van der Waals surface area contributed by atoms with Gasteiger partial charge in [0.05, 0.1) is 0 Å². The summed E-state index contributed by atoms with van der Waals surface area (Å²) in [5, 5.41) is 3.56. The van der Waals surface area contributed by atoms with Gasteiger partial charge in [-0.1, -0.05) is 35.9 Å². The molecule has 3 nitrogen and oxygen atoms in total. The van der Waals surface area contributed by atoms with E-state index in [1.165, 1.54) is 11.1 Å². The Labute approximate surface area is 99.5 Å². The Morgan fingerprint density at radius 3 is 2.69 bits per heavy atom. The van der Waals surface area contributed by atoms with E-state index in [0.717, 1.165) is 0 Å². The van der Waals surface area contributed by atoms with Gasteiger partial charge in [-0.2, -0.15) is 0 Å². The van der Waals surface area contributed by atoms with E-state index in [2.05, 4.69) is 34.3 Å². The lowest BCUT2D eigenvalue weighted by molar-refractivity contribution is 1.07. The zero-order chi connectivity index (χ0) is 11.4. The number of nitrogens with zero attached hydrogens (tertiary/aromatic N) is 2. The Morgan fingerprint density at radius 1 is 1.19 bits per heavy atom. The summed E-state index contributed by atoms with van der Waals surface area (Å²) < 4.78 is 0. The van der Waals surface area contributed by atoms with Gasteiger partial charge in [-0.3, -0.25) is 0 Å². The molecule has 82 valence electrons. The summed E-state index contributed by atoms with van der Waals surface area (Å²) in [6.07, 6.45) is 3.19. The SMILES string of the molecule is Cc1ccccc1CNc1nccnc1Cl. The molecule has 1 aromatic carbocycles. The molecule has 1 N–H and O–H groups in total. The first-order valence-corrected chi connectivity index (χ1v) is 5.40. The zero-order valence-corrected chi connectivity index (χ0v) is 9.70. The van der Waals surface area contributed by atoms with E-state index in [4.69, 9.17) is 11.6 Å². The van der Waals surface area contributed by atoms with Gasteiger partial charge in [0.1, 0.15) is 0 Å². The van der Waals surface area contributed by atoms with Crippen LogP contribution >= 0.6 is 11.6 Å². The fourth-order valence-electron chi connectivity index (χ4n) is 1.43. The van der Waals surface area contributed by atoms with Crippen molar-refractivity contribution in [3.05, 3.63) is 52.9 Å². The number of hydrogen-bond donors (Lipinski definition) is 1. The number of aryl methyl sites for hydroxylation is 1. The molecule has 1 heterocycles. The van der Waals surface area contributed by atoms with Crippen LogP contribution in [0.25, 0.3) is 0 Å². The summed E-state index contributed by atoms with van der Waals surface area (Å²) in [7, 11) is 0. The maximum Gasteiger partial charge on any atom is 0.171 e. The zero-order valence-electron chi connectivity index (χ0n) is 8.94. The summed E-state index contributed by atoms with van der Waals surface area (Å²) in [5.74, 6) is 0.618. The van der Waals surface area contributed by atoms with Crippen LogP contribution in [-0.4, -0.2) is 9.97 Å². The van der Waals surface area contributed by atoms with Gasteiger partial charge < -0.3 is 5.32 Å². The Kier molecular flexibility index (Phi) is 3.37. The van der Waals surface area contributed by atoms with Crippen molar-refractivity contribution in [3.8, 4) is 0 Å². The molecule has 0 spiro atoms. The van der Waals surface area contributed by atoms with Crippen LogP contribution in [0.3, 0.4) is 0 Å². The average molecular weight is 234 g/mol. The second kappa shape index (κ2) is 4.94. The van der Waals surface area contributed by atoms with E-state index in [1.54, 1.807) is 12.4 Å². The van der Waals surface area contributed by atoms with Gasteiger partial charge >= 0.3 is 0 Å². The van der Waals surface area contributed by atoms with E-state index in [1.807, 2.05) is 12.1 Å². The molecule has 0 aliphatic heterocycles. The van der Waals surface area contributed by atoms with Crippen LogP contribution < -0.4 is 5.32 Å². The Hall–Kier alpha value is -1.61. The largest absolute Gasteiger partial charge is 0.363 e. The monoisotopic (exact) mass is 233 g/mol. The van der Waals surface area contributed by atoms with E-state index < -0.39 is 0 Å². The average Bonchev–Trinajstić information content (AvgIpc) is 2.30. The number of anilines is 1. The van der Waals surface area contributed by atoms with Crippen LogP contribution in [0, 0.1) is 6.92 Å². The Balaban J connectivity index is 2.09. The number of aromatic nitrogens is 2. The summed E-state index contributed by atoms with van der Waals surface area (Å²) in [6.45, 7) is 2.78. The normalized spacial score (nSPS) is 10.1. The minimum atomic E-state index is 0.399. The third-order valence-electron chi connectivity index (χ3n) is 2.36. The molecule has 0 aliphatic carbocycles. The molecule has 0 saturated heterocycles. The summed E-state index contributed by atoms with van der Waals surface area (Å²) in [5.41, 5.74) is 2.47. The van der Waals surface area contributed by atoms with E-state index in [-0.39, 0.29) is 0 Å². The molecule has 0 atom stereocenters. The number of benzene rings is 1. The maximum atomic E-state index is 5.89. The number of hydrogen-bond acceptors (Lipinski definition) is 3. The molecule has 0 unspecified atom stereocenters. The third kappa shape index (κ3) is 2.49. The smallest absolute Gasteiger partial charge is 0.171 e. The van der Waals surface area contributed by atoms with E-state index >= 15 is 0 Å². The molecule has 2 aromatic rings. The van der Waals surface area contributed by atoms with Crippen molar-refractivity contribution in [2.75, 3.05) is 5.32 Å². The summed E-state index contributed by atoms with van der Waals surface area (Å²) >= 11 is 5.89. The first-order chi connectivity index (χ1) is 7.77. The lowest BCUT2D eigenvalue weighted by Crippen LogP contribution is -2.03. The molecule has 0 radical (unpaired) electrons. The lowest BCUT2D eigenvalue weighted by Gasteiger charge is -2.08. The molecule has 0 aliphatic rings. The van der Waals surface area contributed by atoms with E-state index in [0.29, 0.717) is 17.5 Å². The molecule has 2 rings (SSSR count). The predicted octanol–water partition coefficient (Wildman–Crippen LogP) is 3.05. The highest BCUT2D eigenvalue weighted by Gasteiger charge is 2.02. The van der Waals surface area contributed by atoms with Crippen molar-refractivity contribution in [3.63, 3.8) is 0 Å². The van der Waals surface area contributed by atoms with Crippen LogP contribution in [0.4, 0.5) is 5.82 Å². The molecule has 0 saturated carbocycles. The first kappa shape index (κ1) is 10.9. The van der Waals surface area contributed by atoms with Gasteiger partial charge in [-0.25, -0.2) is 9.97 Å². The molecular formula is C12H12ClN3. The van der Waals surface area contributed by atoms with Crippen LogP contribution in [0.15, 0.2) is 36.7 Å². The highest BCUT2D eigenvalue weighted by atomic mass is 35.5. The van der Waals surface area contributed by atoms with Crippen molar-refractivity contribution >= 4 is 17.4 Å². The second-order valence-corrected chi connectivity index (χ2v) is 3.83. The van der Waals surface area contributed by atoms with Crippen molar-refractivity contribution in [1.82, 2.24) is 9.97 Å². The fourth-order valence-corrected chi connectivity index (χ4v) is 1.60. The molecule has 4 heteroatoms. The molecule has 16 heavy (non-hydrogen) atoms. The maximum absolute atomic E-state index is 5.89. The molecule has 0 bridgehead atoms.